The fourth-order valence-electron chi connectivity index (χ4n) is 2.09. The molecule has 3 heteroatoms. The number of nitrogens with one attached hydrogen (secondary N) is 1. The maximum absolute atomic E-state index is 4.13. The van der Waals surface area contributed by atoms with Crippen LogP contribution in [0.4, 0.5) is 0 Å². The van der Waals surface area contributed by atoms with E-state index in [0.29, 0.717) is 6.04 Å². The molecule has 2 heterocycles. The van der Waals surface area contributed by atoms with E-state index in [1.54, 1.807) is 6.20 Å². The van der Waals surface area contributed by atoms with Crippen molar-refractivity contribution < 1.29 is 0 Å². The second kappa shape index (κ2) is 5.51. The number of thiophene rings is 1. The number of fused-ring (bicyclic) bond motifs is 1. The minimum atomic E-state index is 0.359. The third kappa shape index (κ3) is 2.83. The van der Waals surface area contributed by atoms with Gasteiger partial charge in [0.05, 0.1) is 0 Å². The van der Waals surface area contributed by atoms with Crippen molar-refractivity contribution in [1.29, 1.82) is 0 Å². The molecule has 2 aromatic heterocycles. The number of pyridine rings is 1. The predicted octanol–water partition coefficient (Wildman–Crippen LogP) is 4.15. The number of rotatable bonds is 4. The van der Waals surface area contributed by atoms with E-state index in [1.807, 2.05) is 23.6 Å². The topological polar surface area (TPSA) is 24.9 Å². The Morgan fingerprint density at radius 2 is 2.11 bits per heavy atom. The van der Waals surface area contributed by atoms with E-state index in [4.69, 9.17) is 0 Å². The molecule has 0 spiro atoms. The molecule has 0 amide bonds. The van der Waals surface area contributed by atoms with Crippen LogP contribution in [0.3, 0.4) is 0 Å². The average molecular weight is 268 g/mol. The van der Waals surface area contributed by atoms with Crippen LogP contribution in [0, 0.1) is 0 Å². The molecule has 3 rings (SSSR count). The van der Waals surface area contributed by atoms with Crippen LogP contribution in [-0.2, 0) is 6.54 Å². The summed E-state index contributed by atoms with van der Waals surface area (Å²) >= 11 is 1.86. The van der Waals surface area contributed by atoms with Gasteiger partial charge < -0.3 is 5.32 Å². The van der Waals surface area contributed by atoms with Gasteiger partial charge in [-0.05, 0) is 36.1 Å². The molecule has 0 aliphatic heterocycles. The largest absolute Gasteiger partial charge is 0.305 e. The van der Waals surface area contributed by atoms with Crippen LogP contribution in [0.2, 0.25) is 0 Å². The Kier molecular flexibility index (Phi) is 3.58. The fraction of sp³-hybridized carbons (Fsp3) is 0.188. The Hall–Kier alpha value is -1.71. The highest BCUT2D eigenvalue weighted by Gasteiger charge is 2.08. The van der Waals surface area contributed by atoms with E-state index < -0.39 is 0 Å². The number of benzene rings is 1. The van der Waals surface area contributed by atoms with Gasteiger partial charge in [-0.25, -0.2) is 0 Å². The van der Waals surface area contributed by atoms with Gasteiger partial charge in [-0.15, -0.1) is 11.3 Å². The first kappa shape index (κ1) is 12.3. The van der Waals surface area contributed by atoms with Crippen molar-refractivity contribution in [1.82, 2.24) is 10.3 Å². The zero-order valence-electron chi connectivity index (χ0n) is 10.8. The van der Waals surface area contributed by atoms with Crippen molar-refractivity contribution in [2.45, 2.75) is 19.5 Å². The van der Waals surface area contributed by atoms with Crippen LogP contribution in [0.1, 0.15) is 23.4 Å². The molecule has 0 aliphatic rings. The Morgan fingerprint density at radius 1 is 1.21 bits per heavy atom. The van der Waals surface area contributed by atoms with Crippen molar-refractivity contribution in [3.8, 4) is 0 Å². The Balaban J connectivity index is 1.71. The lowest BCUT2D eigenvalue weighted by molar-refractivity contribution is 0.582. The summed E-state index contributed by atoms with van der Waals surface area (Å²) in [4.78, 5) is 5.51. The minimum Gasteiger partial charge on any atom is -0.305 e. The maximum atomic E-state index is 4.13. The van der Waals surface area contributed by atoms with Gasteiger partial charge in [0, 0.05) is 34.6 Å². The summed E-state index contributed by atoms with van der Waals surface area (Å²) < 4.78 is 1.35. The second-order valence-corrected chi connectivity index (χ2v) is 5.77. The van der Waals surface area contributed by atoms with Gasteiger partial charge >= 0.3 is 0 Å². The average Bonchev–Trinajstić information content (AvgIpc) is 2.90. The smallest absolute Gasteiger partial charge is 0.0389 e. The first-order chi connectivity index (χ1) is 9.33. The fourth-order valence-corrected chi connectivity index (χ4v) is 3.18. The summed E-state index contributed by atoms with van der Waals surface area (Å²) in [6.07, 6.45) is 3.71. The van der Waals surface area contributed by atoms with Crippen molar-refractivity contribution >= 4 is 21.4 Å². The number of nitrogens with zero attached hydrogens (tertiary/aromatic N) is 1. The third-order valence-electron chi connectivity index (χ3n) is 3.21. The van der Waals surface area contributed by atoms with E-state index in [-0.39, 0.29) is 0 Å². The standard InChI is InChI=1S/C16H16N2S/c1-12(18-11-13-5-4-8-17-10-13)16-9-14-6-2-3-7-15(14)19-16/h2-10,12,18H,11H2,1H3. The van der Waals surface area contributed by atoms with Gasteiger partial charge in [-0.2, -0.15) is 0 Å². The summed E-state index contributed by atoms with van der Waals surface area (Å²) in [5.74, 6) is 0. The molecule has 1 unspecified atom stereocenters. The van der Waals surface area contributed by atoms with E-state index in [1.165, 1.54) is 20.5 Å². The molecule has 0 bridgehead atoms. The number of aromatic nitrogens is 1. The lowest BCUT2D eigenvalue weighted by atomic mass is 10.2. The van der Waals surface area contributed by atoms with Gasteiger partial charge in [0.25, 0.3) is 0 Å². The molecule has 1 aromatic carbocycles. The zero-order chi connectivity index (χ0) is 13.1. The maximum Gasteiger partial charge on any atom is 0.0389 e. The number of hydrogen-bond acceptors (Lipinski definition) is 3. The minimum absolute atomic E-state index is 0.359. The van der Waals surface area contributed by atoms with E-state index >= 15 is 0 Å². The van der Waals surface area contributed by atoms with E-state index in [2.05, 4.69) is 53.6 Å². The molecular weight excluding hydrogens is 252 g/mol. The van der Waals surface area contributed by atoms with E-state index in [0.717, 1.165) is 6.54 Å². The van der Waals surface area contributed by atoms with Gasteiger partial charge in [0.15, 0.2) is 0 Å². The Labute approximate surface area is 117 Å². The third-order valence-corrected chi connectivity index (χ3v) is 4.51. The van der Waals surface area contributed by atoms with Crippen molar-refractivity contribution in [3.63, 3.8) is 0 Å². The van der Waals surface area contributed by atoms with Crippen LogP contribution < -0.4 is 5.32 Å². The number of hydrogen-bond donors (Lipinski definition) is 1. The highest BCUT2D eigenvalue weighted by molar-refractivity contribution is 7.19. The SMILES string of the molecule is CC(NCc1cccnc1)c1cc2ccccc2s1. The second-order valence-electron chi connectivity index (χ2n) is 4.65. The van der Waals surface area contributed by atoms with Crippen LogP contribution in [-0.4, -0.2) is 4.98 Å². The highest BCUT2D eigenvalue weighted by Crippen LogP contribution is 2.29. The molecule has 19 heavy (non-hydrogen) atoms. The summed E-state index contributed by atoms with van der Waals surface area (Å²) in [6, 6.07) is 15.2. The van der Waals surface area contributed by atoms with E-state index in [9.17, 15) is 0 Å². The van der Waals surface area contributed by atoms with Gasteiger partial charge in [0.1, 0.15) is 0 Å². The first-order valence-electron chi connectivity index (χ1n) is 6.44. The molecular formula is C16H16N2S. The normalized spacial score (nSPS) is 12.7. The molecule has 0 saturated carbocycles. The summed E-state index contributed by atoms with van der Waals surface area (Å²) in [5, 5.41) is 4.88. The predicted molar refractivity (Wildman–Crippen MR) is 81.3 cm³/mol. The van der Waals surface area contributed by atoms with Gasteiger partial charge in [0.2, 0.25) is 0 Å². The summed E-state index contributed by atoms with van der Waals surface area (Å²) in [6.45, 7) is 3.06. The molecule has 2 nitrogen and oxygen atoms in total. The lowest BCUT2D eigenvalue weighted by Gasteiger charge is -2.11. The van der Waals surface area contributed by atoms with Gasteiger partial charge in [-0.3, -0.25) is 4.98 Å². The zero-order valence-corrected chi connectivity index (χ0v) is 11.7. The molecule has 1 N–H and O–H groups in total. The van der Waals surface area contributed by atoms with Crippen LogP contribution >= 0.6 is 11.3 Å². The molecule has 96 valence electrons. The van der Waals surface area contributed by atoms with Crippen molar-refractivity contribution in [2.75, 3.05) is 0 Å². The molecule has 0 fully saturated rings. The molecule has 0 aliphatic carbocycles. The molecule has 0 radical (unpaired) electrons. The molecule has 1 atom stereocenters. The van der Waals surface area contributed by atoms with Crippen molar-refractivity contribution in [2.24, 2.45) is 0 Å². The van der Waals surface area contributed by atoms with Crippen LogP contribution in [0.15, 0.2) is 54.9 Å². The first-order valence-corrected chi connectivity index (χ1v) is 7.25. The summed E-state index contributed by atoms with van der Waals surface area (Å²) in [5.41, 5.74) is 1.22. The monoisotopic (exact) mass is 268 g/mol. The lowest BCUT2D eigenvalue weighted by Crippen LogP contribution is -2.17. The Bertz CT molecular complexity index is 628. The molecule has 3 aromatic rings. The van der Waals surface area contributed by atoms with Crippen LogP contribution in [0.5, 0.6) is 0 Å². The highest BCUT2D eigenvalue weighted by atomic mass is 32.1. The Morgan fingerprint density at radius 3 is 2.89 bits per heavy atom. The summed E-state index contributed by atoms with van der Waals surface area (Å²) in [7, 11) is 0. The van der Waals surface area contributed by atoms with Crippen LogP contribution in [0.25, 0.3) is 10.1 Å². The quantitative estimate of drug-likeness (QED) is 0.769. The van der Waals surface area contributed by atoms with Crippen molar-refractivity contribution in [3.05, 3.63) is 65.3 Å². The van der Waals surface area contributed by atoms with Gasteiger partial charge in [-0.1, -0.05) is 24.3 Å². The molecule has 0 saturated heterocycles.